The van der Waals surface area contributed by atoms with Crippen LogP contribution in [0.3, 0.4) is 0 Å². The maximum atomic E-state index is 12.4. The number of nitrogens with zero attached hydrogens (tertiary/aromatic N) is 3. The number of nitrogens with one attached hydrogen (secondary N) is 1. The number of aryl methyl sites for hydroxylation is 1. The molecule has 0 unspecified atom stereocenters. The molecule has 1 aliphatic rings. The van der Waals surface area contributed by atoms with E-state index < -0.39 is 0 Å². The number of benzene rings is 1. The third kappa shape index (κ3) is 3.66. The van der Waals surface area contributed by atoms with Gasteiger partial charge in [-0.15, -0.1) is 0 Å². The summed E-state index contributed by atoms with van der Waals surface area (Å²) < 4.78 is 2.13. The van der Waals surface area contributed by atoms with Crippen molar-refractivity contribution in [1.82, 2.24) is 9.47 Å². The van der Waals surface area contributed by atoms with Crippen LogP contribution in [-0.2, 0) is 18.3 Å². The minimum atomic E-state index is 0.00384. The summed E-state index contributed by atoms with van der Waals surface area (Å²) in [4.78, 5) is 14.6. The molecule has 2 aromatic rings. The Bertz CT molecular complexity index is 741. The Morgan fingerprint density at radius 2 is 2.12 bits per heavy atom. The van der Waals surface area contributed by atoms with Crippen molar-refractivity contribution >= 4 is 11.6 Å². The summed E-state index contributed by atoms with van der Waals surface area (Å²) in [5.74, 6) is 0.00384. The minimum Gasteiger partial charge on any atom is -0.353 e. The number of rotatable bonds is 5. The second kappa shape index (κ2) is 7.33. The molecule has 124 valence electrons. The van der Waals surface area contributed by atoms with Gasteiger partial charge in [0.15, 0.2) is 0 Å². The van der Waals surface area contributed by atoms with E-state index in [4.69, 9.17) is 5.26 Å². The molecule has 1 atom stereocenters. The lowest BCUT2D eigenvalue weighted by atomic mass is 10.1. The van der Waals surface area contributed by atoms with Gasteiger partial charge < -0.3 is 9.88 Å². The first-order valence-corrected chi connectivity index (χ1v) is 8.28. The molecule has 1 aliphatic heterocycles. The smallest absolute Gasteiger partial charge is 0.238 e. The number of aromatic nitrogens is 1. The molecule has 1 saturated heterocycles. The molecule has 0 saturated carbocycles. The van der Waals surface area contributed by atoms with Crippen molar-refractivity contribution in [3.05, 3.63) is 53.9 Å². The zero-order valence-corrected chi connectivity index (χ0v) is 13.9. The Labute approximate surface area is 142 Å². The summed E-state index contributed by atoms with van der Waals surface area (Å²) in [5.41, 5.74) is 3.00. The highest BCUT2D eigenvalue weighted by Crippen LogP contribution is 2.31. The fraction of sp³-hybridized carbons (Fsp3) is 0.368. The summed E-state index contributed by atoms with van der Waals surface area (Å²) in [5, 5.41) is 11.6. The molecule has 0 spiro atoms. The first kappa shape index (κ1) is 16.3. The molecule has 24 heavy (non-hydrogen) atoms. The van der Waals surface area contributed by atoms with Crippen molar-refractivity contribution in [2.75, 3.05) is 18.4 Å². The fourth-order valence-electron chi connectivity index (χ4n) is 3.35. The van der Waals surface area contributed by atoms with Crippen molar-refractivity contribution in [3.63, 3.8) is 0 Å². The van der Waals surface area contributed by atoms with E-state index in [9.17, 15) is 4.79 Å². The van der Waals surface area contributed by atoms with Gasteiger partial charge in [-0.25, -0.2) is 0 Å². The van der Waals surface area contributed by atoms with Crippen molar-refractivity contribution in [2.24, 2.45) is 7.05 Å². The maximum Gasteiger partial charge on any atom is 0.238 e. The highest BCUT2D eigenvalue weighted by Gasteiger charge is 2.28. The van der Waals surface area contributed by atoms with Crippen LogP contribution in [0.25, 0.3) is 0 Å². The van der Waals surface area contributed by atoms with Crippen LogP contribution >= 0.6 is 0 Å². The van der Waals surface area contributed by atoms with E-state index in [-0.39, 0.29) is 5.91 Å². The number of hydrogen-bond donors (Lipinski definition) is 1. The molecule has 1 N–H and O–H groups in total. The summed E-state index contributed by atoms with van der Waals surface area (Å²) in [6.45, 7) is 1.35. The summed E-state index contributed by atoms with van der Waals surface area (Å²) >= 11 is 0. The SMILES string of the molecule is Cn1cccc1[C@@H]1CCCN1CC(=O)Nc1ccc(CC#N)cc1. The molecular weight excluding hydrogens is 300 g/mol. The van der Waals surface area contributed by atoms with Crippen molar-refractivity contribution in [2.45, 2.75) is 25.3 Å². The zero-order chi connectivity index (χ0) is 16.9. The Morgan fingerprint density at radius 1 is 1.33 bits per heavy atom. The lowest BCUT2D eigenvalue weighted by Gasteiger charge is -2.24. The molecule has 3 rings (SSSR count). The zero-order valence-electron chi connectivity index (χ0n) is 13.9. The van der Waals surface area contributed by atoms with Gasteiger partial charge in [-0.3, -0.25) is 9.69 Å². The van der Waals surface area contributed by atoms with Gasteiger partial charge in [-0.05, 0) is 49.2 Å². The van der Waals surface area contributed by atoms with Crippen molar-refractivity contribution in [1.29, 1.82) is 5.26 Å². The van der Waals surface area contributed by atoms with Crippen LogP contribution in [0.5, 0.6) is 0 Å². The molecule has 2 heterocycles. The molecule has 1 aromatic carbocycles. The number of hydrogen-bond acceptors (Lipinski definition) is 3. The Morgan fingerprint density at radius 3 is 2.79 bits per heavy atom. The van der Waals surface area contributed by atoms with Crippen LogP contribution in [-0.4, -0.2) is 28.5 Å². The highest BCUT2D eigenvalue weighted by atomic mass is 16.2. The van der Waals surface area contributed by atoms with Crippen LogP contribution < -0.4 is 5.32 Å². The predicted molar refractivity (Wildman–Crippen MR) is 93.3 cm³/mol. The van der Waals surface area contributed by atoms with Gasteiger partial charge in [0.25, 0.3) is 0 Å². The predicted octanol–water partition coefficient (Wildman–Crippen LogP) is 2.87. The topological polar surface area (TPSA) is 61.1 Å². The van der Waals surface area contributed by atoms with Crippen molar-refractivity contribution < 1.29 is 4.79 Å². The average Bonchev–Trinajstić information content (AvgIpc) is 3.18. The van der Waals surface area contributed by atoms with Gasteiger partial charge in [0.2, 0.25) is 5.91 Å². The fourth-order valence-corrected chi connectivity index (χ4v) is 3.35. The van der Waals surface area contributed by atoms with Crippen molar-refractivity contribution in [3.8, 4) is 6.07 Å². The number of carbonyl (C=O) groups is 1. The molecule has 0 aliphatic carbocycles. The third-order valence-electron chi connectivity index (χ3n) is 4.56. The Kier molecular flexibility index (Phi) is 4.97. The van der Waals surface area contributed by atoms with Crippen LogP contribution in [0, 0.1) is 11.3 Å². The number of amides is 1. The minimum absolute atomic E-state index is 0.00384. The van der Waals surface area contributed by atoms with E-state index in [0.717, 1.165) is 30.6 Å². The normalized spacial score (nSPS) is 17.6. The lowest BCUT2D eigenvalue weighted by molar-refractivity contribution is -0.117. The van der Waals surface area contributed by atoms with Gasteiger partial charge in [-0.2, -0.15) is 5.26 Å². The molecule has 5 heteroatoms. The molecule has 0 bridgehead atoms. The van der Waals surface area contributed by atoms with E-state index >= 15 is 0 Å². The van der Waals surface area contributed by atoms with Gasteiger partial charge in [0.05, 0.1) is 25.1 Å². The Balaban J connectivity index is 1.60. The van der Waals surface area contributed by atoms with E-state index in [0.29, 0.717) is 19.0 Å². The molecule has 5 nitrogen and oxygen atoms in total. The number of anilines is 1. The molecular formula is C19H22N4O. The first-order chi connectivity index (χ1) is 11.7. The summed E-state index contributed by atoms with van der Waals surface area (Å²) in [7, 11) is 2.05. The first-order valence-electron chi connectivity index (χ1n) is 8.28. The Hall–Kier alpha value is -2.58. The second-order valence-electron chi connectivity index (χ2n) is 6.25. The molecule has 0 radical (unpaired) electrons. The van der Waals surface area contributed by atoms with E-state index in [1.807, 2.05) is 24.3 Å². The standard InChI is InChI=1S/C19H22N4O/c1-22-12-2-4-17(22)18-5-3-13-23(18)14-19(24)21-16-8-6-15(7-9-16)10-11-20/h2,4,6-9,12,18H,3,5,10,13-14H2,1H3,(H,21,24)/t18-/m0/s1. The number of nitriles is 1. The molecule has 1 aromatic heterocycles. The third-order valence-corrected chi connectivity index (χ3v) is 4.56. The number of carbonyl (C=O) groups excluding carboxylic acids is 1. The monoisotopic (exact) mass is 322 g/mol. The maximum absolute atomic E-state index is 12.4. The van der Waals surface area contributed by atoms with Gasteiger partial charge in [0.1, 0.15) is 0 Å². The van der Waals surface area contributed by atoms with Crippen LogP contribution in [0.2, 0.25) is 0 Å². The van der Waals surface area contributed by atoms with Crippen LogP contribution in [0.15, 0.2) is 42.6 Å². The van der Waals surface area contributed by atoms with E-state index in [2.05, 4.69) is 46.2 Å². The van der Waals surface area contributed by atoms with Gasteiger partial charge in [-0.1, -0.05) is 12.1 Å². The summed E-state index contributed by atoms with van der Waals surface area (Å²) in [6, 6.07) is 14.1. The van der Waals surface area contributed by atoms with Gasteiger partial charge in [0, 0.05) is 24.6 Å². The van der Waals surface area contributed by atoms with Crippen LogP contribution in [0.4, 0.5) is 5.69 Å². The number of likely N-dealkylation sites (tertiary alicyclic amines) is 1. The molecule has 1 amide bonds. The highest BCUT2D eigenvalue weighted by molar-refractivity contribution is 5.92. The average molecular weight is 322 g/mol. The largest absolute Gasteiger partial charge is 0.353 e. The second-order valence-corrected chi connectivity index (χ2v) is 6.25. The quantitative estimate of drug-likeness (QED) is 0.921. The van der Waals surface area contributed by atoms with E-state index in [1.54, 1.807) is 0 Å². The van der Waals surface area contributed by atoms with E-state index in [1.165, 1.54) is 5.69 Å². The summed E-state index contributed by atoms with van der Waals surface area (Å²) in [6.07, 6.45) is 4.65. The lowest BCUT2D eigenvalue weighted by Crippen LogP contribution is -2.33. The van der Waals surface area contributed by atoms with Crippen LogP contribution in [0.1, 0.15) is 30.1 Å². The van der Waals surface area contributed by atoms with Gasteiger partial charge >= 0.3 is 0 Å². The molecule has 1 fully saturated rings.